The van der Waals surface area contributed by atoms with E-state index in [9.17, 15) is 0 Å². The molecule has 0 spiro atoms. The van der Waals surface area contributed by atoms with Crippen molar-refractivity contribution in [2.45, 2.75) is 37.4 Å². The van der Waals surface area contributed by atoms with Crippen LogP contribution in [0.3, 0.4) is 0 Å². The molecule has 1 saturated carbocycles. The molecule has 1 aliphatic rings. The molecule has 3 nitrogen and oxygen atoms in total. The number of thioether (sulfide) groups is 1. The molecule has 1 aromatic rings. The zero-order valence-corrected chi connectivity index (χ0v) is 12.0. The number of nitrogens with two attached hydrogens (primary N) is 1. The molecule has 3 N–H and O–H groups in total. The minimum Gasteiger partial charge on any atom is -0.493 e. The molecule has 2 rings (SSSR count). The summed E-state index contributed by atoms with van der Waals surface area (Å²) < 4.78 is 5.70. The third-order valence-corrected chi connectivity index (χ3v) is 4.77. The van der Waals surface area contributed by atoms with Gasteiger partial charge in [-0.1, -0.05) is 19.3 Å². The Morgan fingerprint density at radius 1 is 1.21 bits per heavy atom. The van der Waals surface area contributed by atoms with Crippen molar-refractivity contribution in [3.05, 3.63) is 29.8 Å². The van der Waals surface area contributed by atoms with Crippen LogP contribution in [0.1, 0.15) is 37.7 Å². The highest BCUT2D eigenvalue weighted by atomic mass is 32.2. The second kappa shape index (κ2) is 7.43. The highest BCUT2D eigenvalue weighted by molar-refractivity contribution is 7.99. The number of rotatable bonds is 6. The molecule has 1 fully saturated rings. The molecular weight excluding hydrogens is 256 g/mol. The number of ether oxygens (including phenoxy) is 1. The average Bonchev–Trinajstić information content (AvgIpc) is 2.45. The first-order chi connectivity index (χ1) is 9.25. The number of nitrogens with one attached hydrogen (secondary N) is 1. The lowest BCUT2D eigenvalue weighted by molar-refractivity contribution is 0.343. The molecule has 19 heavy (non-hydrogen) atoms. The van der Waals surface area contributed by atoms with Crippen molar-refractivity contribution in [2.75, 3.05) is 12.4 Å². The second-order valence-corrected chi connectivity index (χ2v) is 6.33. The van der Waals surface area contributed by atoms with Crippen molar-refractivity contribution >= 4 is 17.6 Å². The molecule has 0 amide bonds. The highest BCUT2D eigenvalue weighted by Gasteiger charge is 2.13. The average molecular weight is 278 g/mol. The smallest absolute Gasteiger partial charge is 0.122 e. The fourth-order valence-corrected chi connectivity index (χ4v) is 3.52. The number of hydrogen-bond donors (Lipinski definition) is 2. The maximum atomic E-state index is 7.32. The van der Waals surface area contributed by atoms with Crippen molar-refractivity contribution in [1.82, 2.24) is 0 Å². The Morgan fingerprint density at radius 3 is 2.53 bits per heavy atom. The van der Waals surface area contributed by atoms with Crippen LogP contribution in [-0.4, -0.2) is 23.4 Å². The van der Waals surface area contributed by atoms with Gasteiger partial charge in [-0.25, -0.2) is 0 Å². The number of hydrogen-bond acceptors (Lipinski definition) is 3. The summed E-state index contributed by atoms with van der Waals surface area (Å²) in [6.45, 7) is 0.751. The Morgan fingerprint density at radius 2 is 1.89 bits per heavy atom. The first-order valence-corrected chi connectivity index (χ1v) is 7.99. The molecule has 1 aromatic carbocycles. The quantitative estimate of drug-likeness (QED) is 0.476. The van der Waals surface area contributed by atoms with Gasteiger partial charge in [-0.15, -0.1) is 0 Å². The van der Waals surface area contributed by atoms with Crippen molar-refractivity contribution in [3.8, 4) is 5.75 Å². The molecule has 1 aliphatic carbocycles. The van der Waals surface area contributed by atoms with Crippen LogP contribution in [0.4, 0.5) is 0 Å². The van der Waals surface area contributed by atoms with Gasteiger partial charge in [0, 0.05) is 16.6 Å². The molecular formula is C15H22N2OS. The molecule has 0 unspecified atom stereocenters. The van der Waals surface area contributed by atoms with E-state index in [1.54, 1.807) is 0 Å². The molecule has 104 valence electrons. The van der Waals surface area contributed by atoms with E-state index in [0.29, 0.717) is 0 Å². The maximum Gasteiger partial charge on any atom is 0.122 e. The van der Waals surface area contributed by atoms with Gasteiger partial charge in [0.25, 0.3) is 0 Å². The van der Waals surface area contributed by atoms with Crippen LogP contribution in [0, 0.1) is 5.41 Å². The van der Waals surface area contributed by atoms with Gasteiger partial charge in [0.1, 0.15) is 11.6 Å². The predicted molar refractivity (Wildman–Crippen MR) is 82.3 cm³/mol. The van der Waals surface area contributed by atoms with E-state index in [4.69, 9.17) is 15.9 Å². The summed E-state index contributed by atoms with van der Waals surface area (Å²) in [6, 6.07) is 7.40. The molecule has 0 saturated heterocycles. The van der Waals surface area contributed by atoms with Gasteiger partial charge in [-0.2, -0.15) is 11.8 Å². The monoisotopic (exact) mass is 278 g/mol. The van der Waals surface area contributed by atoms with Gasteiger partial charge in [0.2, 0.25) is 0 Å². The third-order valence-electron chi connectivity index (χ3n) is 3.42. The lowest BCUT2D eigenvalue weighted by atomic mass is 10.0. The standard InChI is InChI=1S/C15H22N2OS/c16-15(17)12-6-8-13(9-7-12)18-10-11-19-14-4-2-1-3-5-14/h6-9,14H,1-5,10-11H2,(H3,16,17). The molecule has 0 aliphatic heterocycles. The minimum atomic E-state index is 0.0967. The molecule has 0 atom stereocenters. The van der Waals surface area contributed by atoms with Gasteiger partial charge in [-0.3, -0.25) is 5.41 Å². The molecule has 0 bridgehead atoms. The Hall–Kier alpha value is -1.16. The van der Waals surface area contributed by atoms with E-state index in [1.807, 2.05) is 36.0 Å². The molecule has 0 heterocycles. The zero-order valence-electron chi connectivity index (χ0n) is 11.2. The summed E-state index contributed by atoms with van der Waals surface area (Å²) >= 11 is 2.05. The molecule has 0 radical (unpaired) electrons. The van der Waals surface area contributed by atoms with E-state index in [1.165, 1.54) is 32.1 Å². The van der Waals surface area contributed by atoms with E-state index in [0.717, 1.165) is 28.9 Å². The van der Waals surface area contributed by atoms with Crippen molar-refractivity contribution in [2.24, 2.45) is 5.73 Å². The van der Waals surface area contributed by atoms with Crippen LogP contribution in [0.2, 0.25) is 0 Å². The second-order valence-electron chi connectivity index (χ2n) is 4.92. The van der Waals surface area contributed by atoms with E-state index in [-0.39, 0.29) is 5.84 Å². The summed E-state index contributed by atoms with van der Waals surface area (Å²) in [5.41, 5.74) is 6.15. The summed E-state index contributed by atoms with van der Waals surface area (Å²) in [5.74, 6) is 2.01. The predicted octanol–water partition coefficient (Wildman–Crippen LogP) is 3.42. The fourth-order valence-electron chi connectivity index (χ4n) is 2.34. The van der Waals surface area contributed by atoms with E-state index >= 15 is 0 Å². The Labute approximate surface area is 119 Å². The van der Waals surface area contributed by atoms with Crippen molar-refractivity contribution in [3.63, 3.8) is 0 Å². The van der Waals surface area contributed by atoms with Crippen LogP contribution in [0.25, 0.3) is 0 Å². The van der Waals surface area contributed by atoms with Crippen LogP contribution in [-0.2, 0) is 0 Å². The number of nitrogen functional groups attached to an aromatic ring is 1. The summed E-state index contributed by atoms with van der Waals surface area (Å²) in [7, 11) is 0. The first kappa shape index (κ1) is 14.3. The molecule has 4 heteroatoms. The van der Waals surface area contributed by atoms with Crippen LogP contribution in [0.15, 0.2) is 24.3 Å². The van der Waals surface area contributed by atoms with Gasteiger partial charge < -0.3 is 10.5 Å². The van der Waals surface area contributed by atoms with Crippen molar-refractivity contribution < 1.29 is 4.74 Å². The van der Waals surface area contributed by atoms with Gasteiger partial charge in [-0.05, 0) is 37.1 Å². The topological polar surface area (TPSA) is 59.1 Å². The minimum absolute atomic E-state index is 0.0967. The normalized spacial score (nSPS) is 16.2. The number of benzene rings is 1. The molecule has 0 aromatic heterocycles. The maximum absolute atomic E-state index is 7.32. The summed E-state index contributed by atoms with van der Waals surface area (Å²) in [4.78, 5) is 0. The summed E-state index contributed by atoms with van der Waals surface area (Å²) in [5, 5.41) is 8.17. The van der Waals surface area contributed by atoms with Crippen LogP contribution in [0.5, 0.6) is 5.75 Å². The Bertz CT molecular complexity index is 399. The highest BCUT2D eigenvalue weighted by Crippen LogP contribution is 2.28. The largest absolute Gasteiger partial charge is 0.493 e. The van der Waals surface area contributed by atoms with Gasteiger partial charge in [0.05, 0.1) is 6.61 Å². The van der Waals surface area contributed by atoms with Gasteiger partial charge >= 0.3 is 0 Å². The van der Waals surface area contributed by atoms with Crippen LogP contribution >= 0.6 is 11.8 Å². The Kier molecular flexibility index (Phi) is 5.58. The van der Waals surface area contributed by atoms with Crippen LogP contribution < -0.4 is 10.5 Å². The Balaban J connectivity index is 1.66. The zero-order chi connectivity index (χ0) is 13.5. The lowest BCUT2D eigenvalue weighted by Gasteiger charge is -2.20. The van der Waals surface area contributed by atoms with Crippen molar-refractivity contribution in [1.29, 1.82) is 5.41 Å². The summed E-state index contributed by atoms with van der Waals surface area (Å²) in [6.07, 6.45) is 6.95. The third kappa shape index (κ3) is 4.78. The van der Waals surface area contributed by atoms with E-state index < -0.39 is 0 Å². The number of amidine groups is 1. The van der Waals surface area contributed by atoms with Gasteiger partial charge in [0.15, 0.2) is 0 Å². The fraction of sp³-hybridized carbons (Fsp3) is 0.533. The van der Waals surface area contributed by atoms with E-state index in [2.05, 4.69) is 0 Å². The lowest BCUT2D eigenvalue weighted by Crippen LogP contribution is -2.12. The SMILES string of the molecule is N=C(N)c1ccc(OCCSC2CCCCC2)cc1. The first-order valence-electron chi connectivity index (χ1n) is 6.94.